The van der Waals surface area contributed by atoms with Crippen LogP contribution in [0.15, 0.2) is 60.0 Å². The van der Waals surface area contributed by atoms with E-state index >= 15 is 0 Å². The van der Waals surface area contributed by atoms with Crippen LogP contribution in [0.4, 0.5) is 5.69 Å². The number of allylic oxidation sites excluding steroid dienone is 1. The number of rotatable bonds is 7. The molecule has 3 rings (SSSR count). The summed E-state index contributed by atoms with van der Waals surface area (Å²) >= 11 is 5.94. The molecule has 1 atom stereocenters. The molecule has 9 heteroatoms. The number of sulfone groups is 1. The lowest BCUT2D eigenvalue weighted by molar-refractivity contribution is -0.119. The van der Waals surface area contributed by atoms with Gasteiger partial charge < -0.3 is 10.6 Å². The molecule has 0 aromatic heterocycles. The Bertz CT molecular complexity index is 1090. The molecule has 0 fully saturated rings. The van der Waals surface area contributed by atoms with Crippen LogP contribution in [0.3, 0.4) is 0 Å². The molecular formula is C22H24Cl2N2O4S. The van der Waals surface area contributed by atoms with Crippen LogP contribution < -0.4 is 10.6 Å². The number of Topliss-reactive ketones (excluding diaryl/α,β-unsaturated/α-hetero) is 1. The van der Waals surface area contributed by atoms with Crippen LogP contribution >= 0.6 is 24.0 Å². The third-order valence-electron chi connectivity index (χ3n) is 4.96. The zero-order valence-electron chi connectivity index (χ0n) is 16.8. The van der Waals surface area contributed by atoms with E-state index in [1.165, 1.54) is 23.1 Å². The first kappa shape index (κ1) is 25.1. The van der Waals surface area contributed by atoms with E-state index in [2.05, 4.69) is 6.58 Å². The summed E-state index contributed by atoms with van der Waals surface area (Å²) in [4.78, 5) is 26.9. The lowest BCUT2D eigenvalue weighted by atomic mass is 10.0. The molecule has 1 amide bonds. The first-order chi connectivity index (χ1) is 14.2. The fraction of sp³-hybridized carbons (Fsp3) is 0.273. The van der Waals surface area contributed by atoms with E-state index in [-0.39, 0.29) is 35.3 Å². The Hall–Kier alpha value is -2.19. The minimum atomic E-state index is -3.79. The number of ketones is 1. The van der Waals surface area contributed by atoms with Gasteiger partial charge in [-0.15, -0.1) is 19.0 Å². The van der Waals surface area contributed by atoms with Crippen molar-refractivity contribution in [2.24, 2.45) is 5.73 Å². The molecule has 2 aromatic carbocycles. The van der Waals surface area contributed by atoms with E-state index in [4.69, 9.17) is 17.3 Å². The fourth-order valence-electron chi connectivity index (χ4n) is 3.37. The quantitative estimate of drug-likeness (QED) is 0.366. The number of nitrogens with zero attached hydrogens (tertiary/aromatic N) is 1. The van der Waals surface area contributed by atoms with E-state index in [9.17, 15) is 18.0 Å². The van der Waals surface area contributed by atoms with Crippen LogP contribution in [0.1, 0.15) is 35.2 Å². The van der Waals surface area contributed by atoms with Crippen molar-refractivity contribution in [2.75, 3.05) is 10.7 Å². The van der Waals surface area contributed by atoms with E-state index < -0.39 is 27.5 Å². The maximum absolute atomic E-state index is 13.0. The monoisotopic (exact) mass is 482 g/mol. The molecule has 0 bridgehead atoms. The van der Waals surface area contributed by atoms with Crippen molar-refractivity contribution in [3.8, 4) is 0 Å². The van der Waals surface area contributed by atoms with Gasteiger partial charge in [-0.05, 0) is 48.7 Å². The van der Waals surface area contributed by atoms with Crippen LogP contribution in [-0.4, -0.2) is 31.9 Å². The van der Waals surface area contributed by atoms with Crippen LogP contribution in [0, 0.1) is 0 Å². The Kier molecular flexibility index (Phi) is 8.42. The van der Waals surface area contributed by atoms with Crippen LogP contribution in [-0.2, 0) is 21.2 Å². The van der Waals surface area contributed by atoms with Gasteiger partial charge in [-0.3, -0.25) is 9.59 Å². The molecule has 31 heavy (non-hydrogen) atoms. The standard InChI is InChI=1S/C22H23ClN2O4S.ClH/c1-2-3-4-5-20(26)16-8-11-21-19(12-16)25(13-15-6-9-17(23)10-7-15)22(27)18(24)14-30(21,28)29;/h2,6-12,18H,1,3-5,13-14,24H2;1H/t18-;/m0./s1. The van der Waals surface area contributed by atoms with Gasteiger partial charge in [-0.1, -0.05) is 29.8 Å². The molecule has 1 aliphatic rings. The largest absolute Gasteiger partial charge is 0.319 e. The Morgan fingerprint density at radius 1 is 1.23 bits per heavy atom. The highest BCUT2D eigenvalue weighted by Crippen LogP contribution is 2.33. The Labute approximate surface area is 193 Å². The molecule has 0 unspecified atom stereocenters. The molecular weight excluding hydrogens is 459 g/mol. The van der Waals surface area contributed by atoms with Crippen molar-refractivity contribution in [3.05, 3.63) is 71.3 Å². The molecule has 2 N–H and O–H groups in total. The second kappa shape index (κ2) is 10.4. The Balaban J connectivity index is 0.00000341. The second-order valence-electron chi connectivity index (χ2n) is 7.23. The average Bonchev–Trinajstić information content (AvgIpc) is 2.78. The highest BCUT2D eigenvalue weighted by molar-refractivity contribution is 7.91. The number of amides is 1. The summed E-state index contributed by atoms with van der Waals surface area (Å²) < 4.78 is 25.6. The molecule has 0 aliphatic carbocycles. The van der Waals surface area contributed by atoms with Crippen molar-refractivity contribution in [2.45, 2.75) is 36.7 Å². The minimum absolute atomic E-state index is 0. The fourth-order valence-corrected chi connectivity index (χ4v) is 5.05. The van der Waals surface area contributed by atoms with Crippen LogP contribution in [0.5, 0.6) is 0 Å². The molecule has 0 saturated carbocycles. The summed E-state index contributed by atoms with van der Waals surface area (Å²) in [6.07, 6.45) is 3.41. The molecule has 0 radical (unpaired) electrons. The molecule has 166 valence electrons. The number of hydrogen-bond acceptors (Lipinski definition) is 5. The average molecular weight is 483 g/mol. The number of fused-ring (bicyclic) bond motifs is 1. The van der Waals surface area contributed by atoms with Crippen LogP contribution in [0.25, 0.3) is 0 Å². The summed E-state index contributed by atoms with van der Waals surface area (Å²) in [6, 6.07) is 10.1. The smallest absolute Gasteiger partial charge is 0.245 e. The first-order valence-electron chi connectivity index (χ1n) is 9.55. The number of unbranched alkanes of at least 4 members (excludes halogenated alkanes) is 1. The Morgan fingerprint density at radius 2 is 1.90 bits per heavy atom. The number of carbonyl (C=O) groups is 2. The van der Waals surface area contributed by atoms with Gasteiger partial charge in [-0.25, -0.2) is 8.42 Å². The maximum atomic E-state index is 13.0. The lowest BCUT2D eigenvalue weighted by Crippen LogP contribution is -2.45. The van der Waals surface area contributed by atoms with Gasteiger partial charge in [0.25, 0.3) is 0 Å². The first-order valence-corrected chi connectivity index (χ1v) is 11.6. The van der Waals surface area contributed by atoms with Gasteiger partial charge in [0.1, 0.15) is 0 Å². The zero-order chi connectivity index (χ0) is 21.9. The SMILES string of the molecule is C=CCCCC(=O)c1ccc2c(c1)N(Cc1ccc(Cl)cc1)C(=O)[C@@H](N)CS2(=O)=O.Cl. The van der Waals surface area contributed by atoms with E-state index in [0.29, 0.717) is 29.8 Å². The van der Waals surface area contributed by atoms with Crippen molar-refractivity contribution in [1.82, 2.24) is 0 Å². The summed E-state index contributed by atoms with van der Waals surface area (Å²) in [5, 5.41) is 0.549. The molecule has 1 aliphatic heterocycles. The number of halogens is 2. The number of hydrogen-bond donors (Lipinski definition) is 1. The van der Waals surface area contributed by atoms with Crippen molar-refractivity contribution >= 4 is 51.2 Å². The highest BCUT2D eigenvalue weighted by atomic mass is 35.5. The second-order valence-corrected chi connectivity index (χ2v) is 9.66. The molecule has 0 spiro atoms. The summed E-state index contributed by atoms with van der Waals surface area (Å²) in [5.41, 5.74) is 7.21. The summed E-state index contributed by atoms with van der Waals surface area (Å²) in [7, 11) is -3.79. The third kappa shape index (κ3) is 5.74. The van der Waals surface area contributed by atoms with Gasteiger partial charge in [0.2, 0.25) is 5.91 Å². The van der Waals surface area contributed by atoms with Gasteiger partial charge in [0.05, 0.1) is 28.9 Å². The van der Waals surface area contributed by atoms with Crippen LogP contribution in [0.2, 0.25) is 5.02 Å². The predicted molar refractivity (Wildman–Crippen MR) is 125 cm³/mol. The van der Waals surface area contributed by atoms with E-state index in [0.717, 1.165) is 5.56 Å². The molecule has 1 heterocycles. The topological polar surface area (TPSA) is 97.5 Å². The molecule has 6 nitrogen and oxygen atoms in total. The lowest BCUT2D eigenvalue weighted by Gasteiger charge is -2.24. The highest BCUT2D eigenvalue weighted by Gasteiger charge is 2.36. The molecule has 2 aromatic rings. The molecule has 0 saturated heterocycles. The van der Waals surface area contributed by atoms with Gasteiger partial charge in [-0.2, -0.15) is 0 Å². The number of carbonyl (C=O) groups excluding carboxylic acids is 2. The normalized spacial score (nSPS) is 17.3. The van der Waals surface area contributed by atoms with E-state index in [1.807, 2.05) is 0 Å². The van der Waals surface area contributed by atoms with Gasteiger partial charge in [0.15, 0.2) is 15.6 Å². The van der Waals surface area contributed by atoms with Gasteiger partial charge >= 0.3 is 0 Å². The third-order valence-corrected chi connectivity index (χ3v) is 7.02. The summed E-state index contributed by atoms with van der Waals surface area (Å²) in [6.45, 7) is 3.75. The number of anilines is 1. The number of nitrogens with two attached hydrogens (primary N) is 1. The zero-order valence-corrected chi connectivity index (χ0v) is 19.2. The van der Waals surface area contributed by atoms with E-state index in [1.54, 1.807) is 30.3 Å². The van der Waals surface area contributed by atoms with Gasteiger partial charge in [0, 0.05) is 17.0 Å². The maximum Gasteiger partial charge on any atom is 0.245 e. The predicted octanol–water partition coefficient (Wildman–Crippen LogP) is 3.95. The van der Waals surface area contributed by atoms with Crippen molar-refractivity contribution < 1.29 is 18.0 Å². The number of benzene rings is 2. The summed E-state index contributed by atoms with van der Waals surface area (Å²) in [5.74, 6) is -1.12. The minimum Gasteiger partial charge on any atom is -0.319 e. The van der Waals surface area contributed by atoms with Crippen molar-refractivity contribution in [1.29, 1.82) is 0 Å². The van der Waals surface area contributed by atoms with Crippen molar-refractivity contribution in [3.63, 3.8) is 0 Å². The Morgan fingerprint density at radius 3 is 2.55 bits per heavy atom.